The van der Waals surface area contributed by atoms with Crippen molar-refractivity contribution in [3.8, 4) is 0 Å². The number of likely N-dealkylation sites (tertiary alicyclic amines) is 1. The number of fused-ring (bicyclic) bond motifs is 2. The minimum atomic E-state index is -0.687. The van der Waals surface area contributed by atoms with E-state index in [1.807, 2.05) is 42.5 Å². The van der Waals surface area contributed by atoms with Gasteiger partial charge >= 0.3 is 0 Å². The molecule has 3 amide bonds. The summed E-state index contributed by atoms with van der Waals surface area (Å²) >= 11 is 1.70. The van der Waals surface area contributed by atoms with Crippen LogP contribution in [0.25, 0.3) is 10.8 Å². The van der Waals surface area contributed by atoms with Crippen molar-refractivity contribution in [2.75, 3.05) is 38.2 Å². The lowest BCUT2D eigenvalue weighted by Crippen LogP contribution is -2.57. The van der Waals surface area contributed by atoms with E-state index in [-0.39, 0.29) is 35.5 Å². The Kier molecular flexibility index (Phi) is 8.62. The van der Waals surface area contributed by atoms with Crippen molar-refractivity contribution in [1.29, 1.82) is 0 Å². The molecule has 0 saturated carbocycles. The molecular weight excluding hydrogens is 534 g/mol. The van der Waals surface area contributed by atoms with Crippen molar-refractivity contribution >= 4 is 45.9 Å². The van der Waals surface area contributed by atoms with Crippen LogP contribution in [-0.2, 0) is 14.4 Å². The second-order valence-corrected chi connectivity index (χ2v) is 13.2. The standard InChI is InChI=1S/C33H41N3O4S/c1-5-16-34(4)30(38)27-26-20-22(3)33(41-26)28(27)31(39)36(18-10-7-11-19-37)29(33)32(40)35(17-6-2)25-15-14-23-12-8-9-13-24(23)21-25/h5-6,8-9,12-15,21-22,26-29,37H,1-2,7,10-11,16-20H2,3-4H3/t22?,26-,27+,28-,29?,33?/m0/s1. The number of anilines is 1. The molecule has 3 heterocycles. The van der Waals surface area contributed by atoms with Crippen LogP contribution in [0.5, 0.6) is 0 Å². The predicted octanol–water partition coefficient (Wildman–Crippen LogP) is 4.50. The lowest BCUT2D eigenvalue weighted by Gasteiger charge is -2.41. The van der Waals surface area contributed by atoms with Crippen LogP contribution in [0.1, 0.15) is 32.6 Å². The van der Waals surface area contributed by atoms with Crippen molar-refractivity contribution < 1.29 is 19.5 Å². The fourth-order valence-electron chi connectivity index (χ4n) is 7.37. The van der Waals surface area contributed by atoms with Crippen molar-refractivity contribution in [3.63, 3.8) is 0 Å². The molecule has 1 N–H and O–H groups in total. The van der Waals surface area contributed by atoms with E-state index >= 15 is 0 Å². The highest BCUT2D eigenvalue weighted by molar-refractivity contribution is 8.02. The number of unbranched alkanes of at least 4 members (excludes halogenated alkanes) is 2. The Morgan fingerprint density at radius 3 is 2.51 bits per heavy atom. The number of amides is 3. The highest BCUT2D eigenvalue weighted by Crippen LogP contribution is 2.69. The first-order valence-electron chi connectivity index (χ1n) is 14.7. The number of hydrogen-bond donors (Lipinski definition) is 1. The maximum atomic E-state index is 14.8. The molecule has 3 aliphatic rings. The van der Waals surface area contributed by atoms with Crippen LogP contribution >= 0.6 is 11.8 Å². The van der Waals surface area contributed by atoms with Gasteiger partial charge in [-0.2, -0.15) is 0 Å². The van der Waals surface area contributed by atoms with E-state index in [1.54, 1.807) is 45.7 Å². The van der Waals surface area contributed by atoms with Crippen LogP contribution in [0, 0.1) is 17.8 Å². The van der Waals surface area contributed by atoms with E-state index < -0.39 is 22.6 Å². The molecule has 218 valence electrons. The summed E-state index contributed by atoms with van der Waals surface area (Å²) in [5, 5.41) is 11.4. The first-order chi connectivity index (χ1) is 19.8. The number of rotatable bonds is 12. The van der Waals surface area contributed by atoms with Crippen LogP contribution in [0.4, 0.5) is 5.69 Å². The maximum Gasteiger partial charge on any atom is 0.251 e. The van der Waals surface area contributed by atoms with E-state index in [0.29, 0.717) is 32.5 Å². The molecule has 6 atom stereocenters. The molecular formula is C33H41N3O4S. The van der Waals surface area contributed by atoms with E-state index in [1.165, 1.54) is 0 Å². The van der Waals surface area contributed by atoms with Gasteiger partial charge in [0.05, 0.1) is 16.6 Å². The number of nitrogens with zero attached hydrogens (tertiary/aromatic N) is 3. The highest BCUT2D eigenvalue weighted by atomic mass is 32.2. The van der Waals surface area contributed by atoms with Crippen molar-refractivity contribution in [2.45, 2.75) is 48.6 Å². The molecule has 2 aromatic rings. The Morgan fingerprint density at radius 1 is 1.07 bits per heavy atom. The van der Waals surface area contributed by atoms with Gasteiger partial charge in [0.15, 0.2) is 0 Å². The average Bonchev–Trinajstić information content (AvgIpc) is 3.56. The summed E-state index contributed by atoms with van der Waals surface area (Å²) in [5.41, 5.74) is 0.768. The summed E-state index contributed by atoms with van der Waals surface area (Å²) < 4.78 is -0.679. The van der Waals surface area contributed by atoms with Crippen LogP contribution < -0.4 is 4.90 Å². The predicted molar refractivity (Wildman–Crippen MR) is 166 cm³/mol. The molecule has 3 fully saturated rings. The number of carbonyl (C=O) groups excluding carboxylic acids is 3. The number of hydrogen-bond acceptors (Lipinski definition) is 5. The molecule has 3 aliphatic heterocycles. The summed E-state index contributed by atoms with van der Waals surface area (Å²) in [4.78, 5) is 48.1. The number of aliphatic hydroxyl groups excluding tert-OH is 1. The van der Waals surface area contributed by atoms with Crippen molar-refractivity contribution in [1.82, 2.24) is 9.80 Å². The highest BCUT2D eigenvalue weighted by Gasteiger charge is 2.76. The molecule has 2 bridgehead atoms. The zero-order chi connectivity index (χ0) is 29.3. The molecule has 7 nitrogen and oxygen atoms in total. The average molecular weight is 576 g/mol. The molecule has 0 radical (unpaired) electrons. The molecule has 3 unspecified atom stereocenters. The fraction of sp³-hybridized carbons (Fsp3) is 0.485. The topological polar surface area (TPSA) is 81.2 Å². The Bertz CT molecular complexity index is 1350. The second kappa shape index (κ2) is 12.0. The van der Waals surface area contributed by atoms with Gasteiger partial charge in [-0.05, 0) is 54.5 Å². The zero-order valence-corrected chi connectivity index (χ0v) is 24.9. The van der Waals surface area contributed by atoms with Crippen LogP contribution in [-0.4, -0.2) is 82.0 Å². The maximum absolute atomic E-state index is 14.8. The summed E-state index contributed by atoms with van der Waals surface area (Å²) in [6, 6.07) is 13.4. The van der Waals surface area contributed by atoms with Gasteiger partial charge in [0.1, 0.15) is 6.04 Å². The van der Waals surface area contributed by atoms with Gasteiger partial charge in [0.25, 0.3) is 5.91 Å². The van der Waals surface area contributed by atoms with Crippen LogP contribution in [0.15, 0.2) is 67.8 Å². The molecule has 0 aromatic heterocycles. The molecule has 41 heavy (non-hydrogen) atoms. The first-order valence-corrected chi connectivity index (χ1v) is 15.5. The van der Waals surface area contributed by atoms with E-state index in [2.05, 4.69) is 20.1 Å². The van der Waals surface area contributed by atoms with Gasteiger partial charge in [0.2, 0.25) is 11.8 Å². The van der Waals surface area contributed by atoms with Crippen molar-refractivity contribution in [2.24, 2.45) is 17.8 Å². The first kappa shape index (κ1) is 29.4. The van der Waals surface area contributed by atoms with Gasteiger partial charge in [-0.25, -0.2) is 0 Å². The summed E-state index contributed by atoms with van der Waals surface area (Å²) in [5.74, 6) is -1.16. The smallest absolute Gasteiger partial charge is 0.251 e. The second-order valence-electron chi connectivity index (χ2n) is 11.6. The van der Waals surface area contributed by atoms with Gasteiger partial charge < -0.3 is 19.8 Å². The normalized spacial score (nSPS) is 28.1. The van der Waals surface area contributed by atoms with E-state index in [4.69, 9.17) is 0 Å². The van der Waals surface area contributed by atoms with Crippen molar-refractivity contribution in [3.05, 3.63) is 67.8 Å². The molecule has 2 aromatic carbocycles. The minimum absolute atomic E-state index is 0.000854. The summed E-state index contributed by atoms with van der Waals surface area (Å²) in [7, 11) is 1.76. The Morgan fingerprint density at radius 2 is 1.80 bits per heavy atom. The van der Waals surface area contributed by atoms with Crippen LogP contribution in [0.3, 0.4) is 0 Å². The summed E-state index contributed by atoms with van der Waals surface area (Å²) in [6.07, 6.45) is 6.32. The van der Waals surface area contributed by atoms with E-state index in [9.17, 15) is 19.5 Å². The van der Waals surface area contributed by atoms with Gasteiger partial charge in [-0.15, -0.1) is 24.9 Å². The Balaban J connectivity index is 1.57. The largest absolute Gasteiger partial charge is 0.396 e. The monoisotopic (exact) mass is 575 g/mol. The molecule has 3 saturated heterocycles. The van der Waals surface area contributed by atoms with Gasteiger partial charge in [-0.1, -0.05) is 49.4 Å². The number of benzene rings is 2. The zero-order valence-electron chi connectivity index (χ0n) is 24.1. The minimum Gasteiger partial charge on any atom is -0.396 e. The third-order valence-corrected chi connectivity index (χ3v) is 11.3. The number of aliphatic hydroxyl groups is 1. The number of carbonyl (C=O) groups is 3. The molecule has 8 heteroatoms. The molecule has 0 aliphatic carbocycles. The lowest BCUT2D eigenvalue weighted by atomic mass is 9.65. The lowest BCUT2D eigenvalue weighted by molar-refractivity contribution is -0.143. The SMILES string of the molecule is C=CCN(C)C(=O)[C@@H]1[C@@H]2CC(C)C3(S2)C(C(=O)N(CC=C)c2ccc4ccccc4c2)N(CCCCCO)C(=O)[C@H]13. The number of likely N-dealkylation sites (N-methyl/N-ethyl adjacent to an activating group) is 1. The van der Waals surface area contributed by atoms with E-state index in [0.717, 1.165) is 29.3 Å². The van der Waals surface area contributed by atoms with Gasteiger partial charge in [0, 0.05) is 44.2 Å². The quantitative estimate of drug-likeness (QED) is 0.298. The third-order valence-electron chi connectivity index (χ3n) is 9.22. The molecule has 1 spiro atoms. The number of thioether (sulfide) groups is 1. The third kappa shape index (κ3) is 4.89. The Hall–Kier alpha value is -3.10. The molecule has 5 rings (SSSR count). The van der Waals surface area contributed by atoms with Crippen LogP contribution in [0.2, 0.25) is 0 Å². The fourth-order valence-corrected chi connectivity index (χ4v) is 9.78. The summed E-state index contributed by atoms with van der Waals surface area (Å²) in [6.45, 7) is 11.1. The Labute approximate surface area is 247 Å². The van der Waals surface area contributed by atoms with Gasteiger partial charge in [-0.3, -0.25) is 14.4 Å².